The lowest BCUT2D eigenvalue weighted by molar-refractivity contribution is -0.137. The summed E-state index contributed by atoms with van der Waals surface area (Å²) in [7, 11) is 0. The van der Waals surface area contributed by atoms with E-state index in [-0.39, 0.29) is 17.7 Å². The van der Waals surface area contributed by atoms with Crippen molar-refractivity contribution in [2.24, 2.45) is 0 Å². The van der Waals surface area contributed by atoms with Crippen molar-refractivity contribution < 1.29 is 19.4 Å². The number of nitrogens with zero attached hydrogens (tertiary/aromatic N) is 2. The first kappa shape index (κ1) is 20.3. The molecule has 0 spiro atoms. The molecule has 7 heteroatoms. The molecule has 1 saturated heterocycles. The van der Waals surface area contributed by atoms with E-state index in [0.717, 1.165) is 24.3 Å². The number of hydrogen-bond acceptors (Lipinski definition) is 5. The Kier molecular flexibility index (Phi) is 6.73. The van der Waals surface area contributed by atoms with Gasteiger partial charge in [-0.05, 0) is 55.0 Å². The van der Waals surface area contributed by atoms with Crippen LogP contribution in [-0.4, -0.2) is 54.8 Å². The van der Waals surface area contributed by atoms with Crippen LogP contribution in [0.3, 0.4) is 0 Å². The number of benzene rings is 2. The van der Waals surface area contributed by atoms with Gasteiger partial charge in [0.05, 0.1) is 6.61 Å². The highest BCUT2D eigenvalue weighted by atomic mass is 16.5. The van der Waals surface area contributed by atoms with E-state index in [2.05, 4.69) is 10.2 Å². The molecule has 2 aromatic carbocycles. The first-order chi connectivity index (χ1) is 14.0. The third kappa shape index (κ3) is 5.75. The number of phenolic OH excluding ortho intramolecular Hbond substituents is 1. The van der Waals surface area contributed by atoms with E-state index in [9.17, 15) is 14.7 Å². The molecule has 0 unspecified atom stereocenters. The molecule has 1 heterocycles. The number of rotatable bonds is 5. The van der Waals surface area contributed by atoms with Crippen molar-refractivity contribution in [3.63, 3.8) is 0 Å². The fourth-order valence-electron chi connectivity index (χ4n) is 3.07. The molecule has 29 heavy (non-hydrogen) atoms. The molecule has 152 valence electrons. The standard InChI is InChI=1S/C22H25N3O4/c1-2-29-21(27)12-5-17-3-6-18(7-4-17)23-22(28)25-15-13-24(14-16-25)19-8-10-20(26)11-9-19/h3-12,26H,2,13-16H2,1H3,(H,23,28). The molecule has 2 N–H and O–H groups in total. The molecule has 7 nitrogen and oxygen atoms in total. The largest absolute Gasteiger partial charge is 0.508 e. The molecule has 2 amide bonds. The number of phenols is 1. The second kappa shape index (κ2) is 9.64. The van der Waals surface area contributed by atoms with Crippen LogP contribution in [0.4, 0.5) is 16.2 Å². The Morgan fingerprint density at radius 2 is 1.69 bits per heavy atom. The average molecular weight is 395 g/mol. The Morgan fingerprint density at radius 1 is 1.03 bits per heavy atom. The average Bonchev–Trinajstić information content (AvgIpc) is 2.74. The van der Waals surface area contributed by atoms with E-state index >= 15 is 0 Å². The monoisotopic (exact) mass is 395 g/mol. The molecule has 1 fully saturated rings. The quantitative estimate of drug-likeness (QED) is 0.600. The Labute approximate surface area is 170 Å². The zero-order chi connectivity index (χ0) is 20.6. The van der Waals surface area contributed by atoms with Gasteiger partial charge in [0.2, 0.25) is 0 Å². The number of urea groups is 1. The predicted molar refractivity (Wildman–Crippen MR) is 113 cm³/mol. The molecule has 0 bridgehead atoms. The molecule has 0 aromatic heterocycles. The smallest absolute Gasteiger partial charge is 0.330 e. The van der Waals surface area contributed by atoms with Crippen LogP contribution < -0.4 is 10.2 Å². The number of ether oxygens (including phenoxy) is 1. The van der Waals surface area contributed by atoms with Crippen LogP contribution in [0.1, 0.15) is 12.5 Å². The fourth-order valence-corrected chi connectivity index (χ4v) is 3.07. The Morgan fingerprint density at radius 3 is 2.31 bits per heavy atom. The second-order valence-electron chi connectivity index (χ2n) is 6.63. The van der Waals surface area contributed by atoms with Crippen LogP contribution in [-0.2, 0) is 9.53 Å². The van der Waals surface area contributed by atoms with Gasteiger partial charge in [0.15, 0.2) is 0 Å². The summed E-state index contributed by atoms with van der Waals surface area (Å²) in [5.41, 5.74) is 2.58. The topological polar surface area (TPSA) is 82.1 Å². The van der Waals surface area contributed by atoms with Crippen molar-refractivity contribution in [1.29, 1.82) is 0 Å². The summed E-state index contributed by atoms with van der Waals surface area (Å²) in [5, 5.41) is 12.3. The van der Waals surface area contributed by atoms with Gasteiger partial charge in [0, 0.05) is 43.6 Å². The molecule has 2 aromatic rings. The SMILES string of the molecule is CCOC(=O)C=Cc1ccc(NC(=O)N2CCN(c3ccc(O)cc3)CC2)cc1. The minimum atomic E-state index is -0.378. The minimum Gasteiger partial charge on any atom is -0.508 e. The number of aromatic hydroxyl groups is 1. The number of hydrogen-bond donors (Lipinski definition) is 2. The van der Waals surface area contributed by atoms with Gasteiger partial charge in [-0.2, -0.15) is 0 Å². The first-order valence-electron chi connectivity index (χ1n) is 9.60. The van der Waals surface area contributed by atoms with Gasteiger partial charge < -0.3 is 25.0 Å². The second-order valence-corrected chi connectivity index (χ2v) is 6.63. The van der Waals surface area contributed by atoms with Crippen LogP contribution in [0.25, 0.3) is 6.08 Å². The molecule has 1 aliphatic rings. The highest BCUT2D eigenvalue weighted by Crippen LogP contribution is 2.20. The molecule has 0 saturated carbocycles. The van der Waals surface area contributed by atoms with Crippen molar-refractivity contribution in [1.82, 2.24) is 4.90 Å². The molecule has 0 aliphatic carbocycles. The van der Waals surface area contributed by atoms with Crippen molar-refractivity contribution in [2.45, 2.75) is 6.92 Å². The maximum atomic E-state index is 12.5. The summed E-state index contributed by atoms with van der Waals surface area (Å²) in [6, 6.07) is 14.2. The summed E-state index contributed by atoms with van der Waals surface area (Å²) in [4.78, 5) is 27.8. The lowest BCUT2D eigenvalue weighted by atomic mass is 10.2. The number of piperazine rings is 1. The lowest BCUT2D eigenvalue weighted by Crippen LogP contribution is -2.50. The van der Waals surface area contributed by atoms with Crippen LogP contribution in [0.15, 0.2) is 54.6 Å². The number of amides is 2. The highest BCUT2D eigenvalue weighted by Gasteiger charge is 2.21. The van der Waals surface area contributed by atoms with E-state index in [1.807, 2.05) is 24.3 Å². The third-order valence-corrected chi connectivity index (χ3v) is 4.64. The summed E-state index contributed by atoms with van der Waals surface area (Å²) < 4.78 is 4.85. The Balaban J connectivity index is 1.49. The fraction of sp³-hybridized carbons (Fsp3) is 0.273. The summed E-state index contributed by atoms with van der Waals surface area (Å²) in [6.07, 6.45) is 3.05. The van der Waals surface area contributed by atoms with Gasteiger partial charge in [-0.15, -0.1) is 0 Å². The van der Waals surface area contributed by atoms with E-state index < -0.39 is 0 Å². The number of anilines is 2. The van der Waals surface area contributed by atoms with Crippen LogP contribution in [0.2, 0.25) is 0 Å². The summed E-state index contributed by atoms with van der Waals surface area (Å²) in [5.74, 6) is -0.134. The number of carbonyl (C=O) groups is 2. The summed E-state index contributed by atoms with van der Waals surface area (Å²) in [6.45, 7) is 4.81. The predicted octanol–water partition coefficient (Wildman–Crippen LogP) is 3.32. The van der Waals surface area contributed by atoms with Crippen LogP contribution in [0.5, 0.6) is 5.75 Å². The Hall–Kier alpha value is -3.48. The molecule has 0 atom stereocenters. The molecule has 1 aliphatic heterocycles. The molecular weight excluding hydrogens is 370 g/mol. The zero-order valence-electron chi connectivity index (χ0n) is 16.4. The van der Waals surface area contributed by atoms with Gasteiger partial charge in [-0.3, -0.25) is 0 Å². The van der Waals surface area contributed by atoms with E-state index in [1.54, 1.807) is 42.2 Å². The van der Waals surface area contributed by atoms with E-state index in [4.69, 9.17) is 4.74 Å². The van der Waals surface area contributed by atoms with Gasteiger partial charge in [0.25, 0.3) is 0 Å². The van der Waals surface area contributed by atoms with Crippen LogP contribution >= 0.6 is 0 Å². The zero-order valence-corrected chi connectivity index (χ0v) is 16.4. The van der Waals surface area contributed by atoms with E-state index in [0.29, 0.717) is 25.4 Å². The summed E-state index contributed by atoms with van der Waals surface area (Å²) >= 11 is 0. The normalized spacial score (nSPS) is 14.1. The lowest BCUT2D eigenvalue weighted by Gasteiger charge is -2.36. The van der Waals surface area contributed by atoms with Crippen molar-refractivity contribution in [2.75, 3.05) is 43.0 Å². The molecule has 0 radical (unpaired) electrons. The van der Waals surface area contributed by atoms with Crippen molar-refractivity contribution in [3.05, 3.63) is 60.2 Å². The van der Waals surface area contributed by atoms with Gasteiger partial charge in [-0.25, -0.2) is 9.59 Å². The van der Waals surface area contributed by atoms with Crippen molar-refractivity contribution in [3.8, 4) is 5.75 Å². The number of nitrogens with one attached hydrogen (secondary N) is 1. The van der Waals surface area contributed by atoms with Crippen LogP contribution in [0, 0.1) is 0 Å². The van der Waals surface area contributed by atoms with Crippen molar-refractivity contribution >= 4 is 29.5 Å². The van der Waals surface area contributed by atoms with Gasteiger partial charge in [-0.1, -0.05) is 12.1 Å². The molecule has 3 rings (SSSR count). The van der Waals surface area contributed by atoms with Gasteiger partial charge >= 0.3 is 12.0 Å². The first-order valence-corrected chi connectivity index (χ1v) is 9.60. The molecular formula is C22H25N3O4. The van der Waals surface area contributed by atoms with Gasteiger partial charge in [0.1, 0.15) is 5.75 Å². The van der Waals surface area contributed by atoms with E-state index in [1.165, 1.54) is 6.08 Å². The minimum absolute atomic E-state index is 0.134. The Bertz CT molecular complexity index is 855. The number of carbonyl (C=O) groups excluding carboxylic acids is 2. The number of esters is 1. The highest BCUT2D eigenvalue weighted by molar-refractivity contribution is 5.90. The maximum Gasteiger partial charge on any atom is 0.330 e. The maximum absolute atomic E-state index is 12.5. The third-order valence-electron chi connectivity index (χ3n) is 4.64.